The number of amides is 1. The molecule has 6 bridgehead atoms. The molecule has 0 saturated carbocycles. The molecule has 0 aliphatic carbocycles. The highest BCUT2D eigenvalue weighted by Gasteiger charge is 2.45. The standard InChI is InChI=1S/C35H38F2N6O3/c1-34-11-4-14-42(20-34)31-26-18-38-29(28(37)30(26)39-32(40-31)46-21-35-12-5-15-43(35)16-6-13-35)25-10-3-8-22-7-2-9-23(27(22)25)17-24(36)19-45-33(44)41-34/h2-3,7-10,18,24H,4-6,11-17,19-21H2,1H3,(H,41,44). The third-order valence-corrected chi connectivity index (χ3v) is 10.4. The van der Waals surface area contributed by atoms with Gasteiger partial charge in [-0.15, -0.1) is 0 Å². The van der Waals surface area contributed by atoms with Crippen LogP contribution in [0.3, 0.4) is 0 Å². The largest absolute Gasteiger partial charge is 0.461 e. The van der Waals surface area contributed by atoms with E-state index in [0.29, 0.717) is 53.8 Å². The van der Waals surface area contributed by atoms with Gasteiger partial charge in [-0.05, 0) is 74.9 Å². The molecule has 2 atom stereocenters. The summed E-state index contributed by atoms with van der Waals surface area (Å²) >= 11 is 0. The quantitative estimate of drug-likeness (QED) is 0.297. The molecule has 1 N–H and O–H groups in total. The number of carbonyl (C=O) groups is 1. The topological polar surface area (TPSA) is 92.7 Å². The summed E-state index contributed by atoms with van der Waals surface area (Å²) in [5, 5.41) is 4.97. The molecule has 9 rings (SSSR count). The van der Waals surface area contributed by atoms with E-state index in [1.54, 1.807) is 12.3 Å². The molecule has 1 amide bonds. The van der Waals surface area contributed by atoms with Gasteiger partial charge in [-0.3, -0.25) is 9.88 Å². The van der Waals surface area contributed by atoms with Gasteiger partial charge < -0.3 is 19.7 Å². The van der Waals surface area contributed by atoms with Crippen molar-refractivity contribution in [2.24, 2.45) is 0 Å². The number of halogens is 2. The average molecular weight is 629 g/mol. The normalized spacial score (nSPS) is 24.6. The Kier molecular flexibility index (Phi) is 7.19. The SMILES string of the molecule is CC12CCCN(C1)c1nc(OCC34CCCN3CCC4)nc3c(F)c(ncc13)-c1cccc3cccc(c13)CC(F)COC(=O)N2. The Hall–Kier alpha value is -4.12. The number of anilines is 1. The van der Waals surface area contributed by atoms with Crippen molar-refractivity contribution in [1.29, 1.82) is 0 Å². The van der Waals surface area contributed by atoms with E-state index in [0.717, 1.165) is 50.6 Å². The van der Waals surface area contributed by atoms with E-state index in [2.05, 4.69) is 15.2 Å². The van der Waals surface area contributed by atoms with E-state index < -0.39 is 30.2 Å². The lowest BCUT2D eigenvalue weighted by Gasteiger charge is -2.41. The molecule has 0 spiro atoms. The Morgan fingerprint density at radius 1 is 1.07 bits per heavy atom. The Bertz CT molecular complexity index is 1820. The fraction of sp³-hybridized carbons (Fsp3) is 0.486. The second-order valence-corrected chi connectivity index (χ2v) is 13.7. The molecule has 2 unspecified atom stereocenters. The van der Waals surface area contributed by atoms with Crippen LogP contribution in [-0.2, 0) is 11.2 Å². The van der Waals surface area contributed by atoms with Crippen LogP contribution in [0.5, 0.6) is 6.01 Å². The van der Waals surface area contributed by atoms with Crippen molar-refractivity contribution in [3.8, 4) is 17.3 Å². The fourth-order valence-corrected chi connectivity index (χ4v) is 8.23. The molecular weight excluding hydrogens is 590 g/mol. The maximum absolute atomic E-state index is 16.9. The minimum Gasteiger partial charge on any atom is -0.461 e. The zero-order chi connectivity index (χ0) is 31.5. The van der Waals surface area contributed by atoms with Crippen LogP contribution in [0.1, 0.15) is 51.0 Å². The predicted octanol–water partition coefficient (Wildman–Crippen LogP) is 5.97. The summed E-state index contributed by atoms with van der Waals surface area (Å²) in [4.78, 5) is 31.7. The van der Waals surface area contributed by atoms with Gasteiger partial charge in [0, 0.05) is 31.3 Å². The molecule has 3 saturated heterocycles. The van der Waals surface area contributed by atoms with Gasteiger partial charge >= 0.3 is 12.1 Å². The summed E-state index contributed by atoms with van der Waals surface area (Å²) in [6, 6.07) is 11.3. The van der Waals surface area contributed by atoms with E-state index >= 15 is 8.78 Å². The van der Waals surface area contributed by atoms with Gasteiger partial charge in [0.05, 0.1) is 16.5 Å². The molecule has 4 aromatic rings. The van der Waals surface area contributed by atoms with Crippen molar-refractivity contribution < 1.29 is 23.0 Å². The highest BCUT2D eigenvalue weighted by atomic mass is 19.1. The smallest absolute Gasteiger partial charge is 0.407 e. The number of piperidine rings is 1. The second-order valence-electron chi connectivity index (χ2n) is 13.7. The number of hydrogen-bond donors (Lipinski definition) is 1. The number of hydrogen-bond acceptors (Lipinski definition) is 8. The van der Waals surface area contributed by atoms with Gasteiger partial charge in [0.15, 0.2) is 5.82 Å². The lowest BCUT2D eigenvalue weighted by molar-refractivity contribution is 0.101. The van der Waals surface area contributed by atoms with Crippen LogP contribution in [0.15, 0.2) is 42.6 Å². The van der Waals surface area contributed by atoms with Crippen LogP contribution in [0.4, 0.5) is 19.4 Å². The van der Waals surface area contributed by atoms with Gasteiger partial charge in [-0.25, -0.2) is 13.6 Å². The van der Waals surface area contributed by atoms with E-state index in [9.17, 15) is 4.79 Å². The predicted molar refractivity (Wildman–Crippen MR) is 171 cm³/mol. The van der Waals surface area contributed by atoms with Crippen LogP contribution in [-0.4, -0.2) is 82.6 Å². The van der Waals surface area contributed by atoms with Crippen LogP contribution in [0, 0.1) is 5.82 Å². The number of nitrogens with zero attached hydrogens (tertiary/aromatic N) is 5. The van der Waals surface area contributed by atoms with E-state index in [1.165, 1.54) is 0 Å². The molecule has 3 fully saturated rings. The van der Waals surface area contributed by atoms with E-state index in [-0.39, 0.29) is 29.2 Å². The van der Waals surface area contributed by atoms with Crippen molar-refractivity contribution in [1.82, 2.24) is 25.2 Å². The second kappa shape index (κ2) is 11.3. The molecule has 2 aromatic heterocycles. The average Bonchev–Trinajstić information content (AvgIpc) is 3.63. The van der Waals surface area contributed by atoms with Crippen molar-refractivity contribution in [3.63, 3.8) is 0 Å². The number of alkyl halides is 1. The Balaban J connectivity index is 1.30. The summed E-state index contributed by atoms with van der Waals surface area (Å²) in [5.41, 5.74) is 0.756. The third-order valence-electron chi connectivity index (χ3n) is 10.4. The minimum absolute atomic E-state index is 0.00897. The minimum atomic E-state index is -1.45. The van der Waals surface area contributed by atoms with Gasteiger partial charge in [0.1, 0.15) is 36.4 Å². The first-order chi connectivity index (χ1) is 22.3. The van der Waals surface area contributed by atoms with E-state index in [4.69, 9.17) is 19.4 Å². The molecule has 46 heavy (non-hydrogen) atoms. The van der Waals surface area contributed by atoms with Gasteiger partial charge in [-0.1, -0.05) is 36.4 Å². The number of ether oxygens (including phenoxy) is 2. The van der Waals surface area contributed by atoms with Gasteiger partial charge in [0.2, 0.25) is 0 Å². The van der Waals surface area contributed by atoms with E-state index in [1.807, 2.05) is 42.2 Å². The van der Waals surface area contributed by atoms with Gasteiger partial charge in [-0.2, -0.15) is 9.97 Å². The van der Waals surface area contributed by atoms with Crippen LogP contribution >= 0.6 is 0 Å². The molecular formula is C35H38F2N6O3. The highest BCUT2D eigenvalue weighted by Crippen LogP contribution is 2.41. The number of pyridine rings is 1. The monoisotopic (exact) mass is 628 g/mol. The number of carbonyl (C=O) groups excluding carboxylic acids is 1. The fourth-order valence-electron chi connectivity index (χ4n) is 8.23. The maximum atomic E-state index is 16.9. The Morgan fingerprint density at radius 3 is 2.67 bits per heavy atom. The first-order valence-corrected chi connectivity index (χ1v) is 16.4. The Morgan fingerprint density at radius 2 is 1.85 bits per heavy atom. The molecule has 2 aromatic carbocycles. The number of aromatic nitrogens is 3. The number of rotatable bonds is 3. The number of alkyl carbamates (subject to hydrolysis) is 1. The van der Waals surface area contributed by atoms with Crippen molar-refractivity contribution in [3.05, 3.63) is 54.0 Å². The molecule has 9 nitrogen and oxygen atoms in total. The number of nitrogens with one attached hydrogen (secondary N) is 1. The van der Waals surface area contributed by atoms with Crippen molar-refractivity contribution in [2.45, 2.75) is 69.1 Å². The first kappa shape index (κ1) is 29.3. The Labute approximate surface area is 266 Å². The molecule has 240 valence electrons. The third kappa shape index (κ3) is 5.09. The zero-order valence-corrected chi connectivity index (χ0v) is 26.0. The molecule has 11 heteroatoms. The number of fused-ring (bicyclic) bond motifs is 7. The van der Waals surface area contributed by atoms with Gasteiger partial charge in [0.25, 0.3) is 0 Å². The number of benzene rings is 2. The summed E-state index contributed by atoms with van der Waals surface area (Å²) in [5.74, 6) is -0.0645. The van der Waals surface area contributed by atoms with Crippen molar-refractivity contribution in [2.75, 3.05) is 44.3 Å². The summed E-state index contributed by atoms with van der Waals surface area (Å²) in [7, 11) is 0. The molecule has 5 aliphatic rings. The lowest BCUT2D eigenvalue weighted by Crippen LogP contribution is -2.57. The first-order valence-electron chi connectivity index (χ1n) is 16.4. The highest BCUT2D eigenvalue weighted by molar-refractivity contribution is 6.00. The summed E-state index contributed by atoms with van der Waals surface area (Å²) < 4.78 is 44.1. The van der Waals surface area contributed by atoms with Crippen molar-refractivity contribution >= 4 is 33.6 Å². The van der Waals surface area contributed by atoms with Crippen LogP contribution in [0.25, 0.3) is 32.9 Å². The summed E-state index contributed by atoms with van der Waals surface area (Å²) in [6.07, 6.45) is 5.33. The molecule has 0 radical (unpaired) electrons. The maximum Gasteiger partial charge on any atom is 0.407 e. The lowest BCUT2D eigenvalue weighted by atomic mass is 9.91. The molecule has 7 heterocycles. The summed E-state index contributed by atoms with van der Waals surface area (Å²) in [6.45, 7) is 5.14. The van der Waals surface area contributed by atoms with Crippen LogP contribution < -0.4 is 15.0 Å². The molecule has 5 aliphatic heterocycles. The zero-order valence-electron chi connectivity index (χ0n) is 26.0. The van der Waals surface area contributed by atoms with Crippen LogP contribution in [0.2, 0.25) is 0 Å².